The van der Waals surface area contributed by atoms with Gasteiger partial charge >= 0.3 is 11.7 Å². The minimum atomic E-state index is -1.04. The number of hydrogen-bond donors (Lipinski definition) is 1. The number of nitrogens with zero attached hydrogens (tertiary/aromatic N) is 1. The van der Waals surface area contributed by atoms with Crippen LogP contribution in [-0.2, 0) is 20.0 Å². The van der Waals surface area contributed by atoms with Gasteiger partial charge in [-0.3, -0.25) is 19.1 Å². The summed E-state index contributed by atoms with van der Waals surface area (Å²) in [7, 11) is 0. The highest BCUT2D eigenvalue weighted by molar-refractivity contribution is 5.66. The monoisotopic (exact) mass is 266 g/mol. The first-order valence-corrected chi connectivity index (χ1v) is 5.69. The van der Waals surface area contributed by atoms with E-state index in [1.807, 2.05) is 0 Å². The summed E-state index contributed by atoms with van der Waals surface area (Å²) in [4.78, 5) is 35.9. The lowest BCUT2D eigenvalue weighted by Crippen LogP contribution is -2.41. The van der Waals surface area contributed by atoms with Crippen LogP contribution in [0.1, 0.15) is 20.3 Å². The van der Waals surface area contributed by atoms with E-state index in [4.69, 9.17) is 9.47 Å². The Morgan fingerprint density at radius 2 is 2.32 bits per heavy atom. The van der Waals surface area contributed by atoms with Gasteiger partial charge in [-0.05, 0) is 6.92 Å². The average molecular weight is 266 g/mol. The van der Waals surface area contributed by atoms with Crippen molar-refractivity contribution in [2.45, 2.75) is 32.1 Å². The Balaban J connectivity index is 2.35. The van der Waals surface area contributed by atoms with Crippen molar-refractivity contribution in [1.29, 1.82) is 0 Å². The fraction of sp³-hybridized carbons (Fsp3) is 0.417. The van der Waals surface area contributed by atoms with Gasteiger partial charge in [0.25, 0.3) is 5.56 Å². The number of carbonyl (C=O) groups is 1. The summed E-state index contributed by atoms with van der Waals surface area (Å²) in [5.74, 6) is -0.177. The topological polar surface area (TPSA) is 90.4 Å². The van der Waals surface area contributed by atoms with E-state index in [0.717, 1.165) is 0 Å². The van der Waals surface area contributed by atoms with Gasteiger partial charge in [-0.25, -0.2) is 4.79 Å². The zero-order valence-electron chi connectivity index (χ0n) is 10.6. The summed E-state index contributed by atoms with van der Waals surface area (Å²) in [5, 5.41) is 0. The molecule has 1 fully saturated rings. The van der Waals surface area contributed by atoms with Crippen LogP contribution in [0.15, 0.2) is 34.2 Å². The minimum absolute atomic E-state index is 0.247. The van der Waals surface area contributed by atoms with E-state index in [1.54, 1.807) is 6.92 Å². The van der Waals surface area contributed by atoms with E-state index < -0.39 is 29.0 Å². The maximum Gasteiger partial charge on any atom is 0.331 e. The van der Waals surface area contributed by atoms with E-state index >= 15 is 0 Å². The minimum Gasteiger partial charge on any atom is -0.469 e. The molecular weight excluding hydrogens is 252 g/mol. The lowest BCUT2D eigenvalue weighted by Gasteiger charge is -2.25. The van der Waals surface area contributed by atoms with Crippen LogP contribution in [0.4, 0.5) is 0 Å². The quantitative estimate of drug-likeness (QED) is 0.765. The number of aromatic nitrogens is 2. The molecule has 7 nitrogen and oxygen atoms in total. The molecule has 0 aliphatic carbocycles. The third kappa shape index (κ3) is 2.44. The number of aromatic amines is 1. The lowest BCUT2D eigenvalue weighted by atomic mass is 10.1. The summed E-state index contributed by atoms with van der Waals surface area (Å²) in [5.41, 5.74) is -2.12. The van der Waals surface area contributed by atoms with Crippen molar-refractivity contribution >= 4 is 5.97 Å². The molecule has 1 aliphatic heterocycles. The molecule has 1 aliphatic rings. The summed E-state index contributed by atoms with van der Waals surface area (Å²) >= 11 is 0. The predicted molar refractivity (Wildman–Crippen MR) is 65.4 cm³/mol. The van der Waals surface area contributed by atoms with Crippen molar-refractivity contribution in [2.75, 3.05) is 0 Å². The van der Waals surface area contributed by atoms with Gasteiger partial charge in [-0.2, -0.15) is 0 Å². The van der Waals surface area contributed by atoms with Crippen LogP contribution in [0.2, 0.25) is 0 Å². The zero-order chi connectivity index (χ0) is 14.2. The van der Waals surface area contributed by atoms with E-state index in [2.05, 4.69) is 11.6 Å². The number of ether oxygens (including phenoxy) is 2. The summed E-state index contributed by atoms with van der Waals surface area (Å²) in [6, 6.07) is 1.22. The van der Waals surface area contributed by atoms with Crippen molar-refractivity contribution in [3.63, 3.8) is 0 Å². The first-order valence-electron chi connectivity index (χ1n) is 5.69. The summed E-state index contributed by atoms with van der Waals surface area (Å²) in [6.07, 6.45) is 0.975. The predicted octanol–water partition coefficient (Wildman–Crippen LogP) is 0.0750. The second-order valence-corrected chi connectivity index (χ2v) is 4.53. The molecule has 7 heteroatoms. The largest absolute Gasteiger partial charge is 0.469 e. The maximum atomic E-state index is 11.8. The van der Waals surface area contributed by atoms with Gasteiger partial charge in [-0.1, -0.05) is 6.58 Å². The van der Waals surface area contributed by atoms with Crippen LogP contribution in [0, 0.1) is 0 Å². The van der Waals surface area contributed by atoms with Crippen LogP contribution in [0.3, 0.4) is 0 Å². The first kappa shape index (κ1) is 13.1. The maximum absolute atomic E-state index is 11.8. The molecule has 0 aromatic carbocycles. The second kappa shape index (κ2) is 4.42. The molecule has 1 saturated heterocycles. The van der Waals surface area contributed by atoms with Crippen LogP contribution in [0.25, 0.3) is 0 Å². The molecule has 19 heavy (non-hydrogen) atoms. The number of esters is 1. The van der Waals surface area contributed by atoms with Crippen LogP contribution in [0.5, 0.6) is 0 Å². The second-order valence-electron chi connectivity index (χ2n) is 4.53. The van der Waals surface area contributed by atoms with Gasteiger partial charge in [0, 0.05) is 19.2 Å². The molecule has 0 radical (unpaired) electrons. The van der Waals surface area contributed by atoms with Crippen LogP contribution >= 0.6 is 0 Å². The number of H-pyrrole nitrogens is 1. The van der Waals surface area contributed by atoms with E-state index in [9.17, 15) is 14.4 Å². The Morgan fingerprint density at radius 1 is 1.63 bits per heavy atom. The Hall–Kier alpha value is -2.31. The number of nitrogens with one attached hydrogen (secondary N) is 1. The molecule has 0 bridgehead atoms. The number of carbonyl (C=O) groups excluding carboxylic acids is 1. The third-order valence-electron chi connectivity index (χ3n) is 2.92. The Morgan fingerprint density at radius 3 is 2.89 bits per heavy atom. The standard InChI is InChI=1S/C12H14N2O5/c1-7-9(18-8(2)15)6-12(3,19-7)14-5-4-10(16)13-11(14)17/h4-5,9H,1,6H2,2-3H3,(H,13,16,17)/t9-,12+/m0/s1. The van der Waals surface area contributed by atoms with E-state index in [-0.39, 0.29) is 12.2 Å². The molecule has 2 heterocycles. The molecule has 0 saturated carbocycles. The normalized spacial score (nSPS) is 26.0. The van der Waals surface area contributed by atoms with Crippen molar-refractivity contribution in [1.82, 2.24) is 9.55 Å². The van der Waals surface area contributed by atoms with E-state index in [1.165, 1.54) is 23.8 Å². The van der Waals surface area contributed by atoms with Crippen LogP contribution < -0.4 is 11.2 Å². The highest BCUT2D eigenvalue weighted by Gasteiger charge is 2.43. The molecule has 2 atom stereocenters. The third-order valence-corrected chi connectivity index (χ3v) is 2.92. The van der Waals surface area contributed by atoms with Crippen molar-refractivity contribution in [3.8, 4) is 0 Å². The Labute approximate surface area is 108 Å². The van der Waals surface area contributed by atoms with Crippen molar-refractivity contribution in [3.05, 3.63) is 45.4 Å². The highest BCUT2D eigenvalue weighted by atomic mass is 16.6. The molecule has 1 aromatic rings. The number of rotatable bonds is 2. The molecule has 0 amide bonds. The van der Waals surface area contributed by atoms with Gasteiger partial charge < -0.3 is 9.47 Å². The molecule has 102 valence electrons. The average Bonchev–Trinajstić information content (AvgIpc) is 2.53. The molecule has 1 N–H and O–H groups in total. The molecule has 1 aromatic heterocycles. The fourth-order valence-corrected chi connectivity index (χ4v) is 2.09. The van der Waals surface area contributed by atoms with Gasteiger partial charge in [0.05, 0.1) is 6.42 Å². The molecule has 2 rings (SSSR count). The molecular formula is C12H14N2O5. The van der Waals surface area contributed by atoms with Gasteiger partial charge in [-0.15, -0.1) is 0 Å². The van der Waals surface area contributed by atoms with E-state index in [0.29, 0.717) is 0 Å². The van der Waals surface area contributed by atoms with Crippen molar-refractivity contribution in [2.24, 2.45) is 0 Å². The Kier molecular flexibility index (Phi) is 3.05. The highest BCUT2D eigenvalue weighted by Crippen LogP contribution is 2.36. The van der Waals surface area contributed by atoms with Gasteiger partial charge in [0.15, 0.2) is 11.8 Å². The van der Waals surface area contributed by atoms with Gasteiger partial charge in [0.1, 0.15) is 5.76 Å². The summed E-state index contributed by atoms with van der Waals surface area (Å²) < 4.78 is 11.8. The first-order chi connectivity index (χ1) is 8.82. The Bertz CT molecular complexity index is 644. The lowest BCUT2D eigenvalue weighted by molar-refractivity contribution is -0.144. The fourth-order valence-electron chi connectivity index (χ4n) is 2.09. The van der Waals surface area contributed by atoms with Crippen LogP contribution in [-0.4, -0.2) is 21.6 Å². The molecule has 0 spiro atoms. The number of hydrogen-bond acceptors (Lipinski definition) is 5. The summed E-state index contributed by atoms with van der Waals surface area (Å²) in [6.45, 7) is 6.61. The molecule has 0 unspecified atom stereocenters. The SMILES string of the molecule is C=C1O[C@@](C)(n2ccc(=O)[nH]c2=O)C[C@@H]1OC(C)=O. The van der Waals surface area contributed by atoms with Gasteiger partial charge in [0.2, 0.25) is 0 Å². The smallest absolute Gasteiger partial charge is 0.331 e. The van der Waals surface area contributed by atoms with Crippen molar-refractivity contribution < 1.29 is 14.3 Å². The zero-order valence-corrected chi connectivity index (χ0v) is 10.6.